The number of hydrogen-bond acceptors (Lipinski definition) is 4. The maximum Gasteiger partial charge on any atom is 0.282 e. The molecule has 19 heavy (non-hydrogen) atoms. The Morgan fingerprint density at radius 1 is 1.37 bits per heavy atom. The molecule has 0 saturated carbocycles. The monoisotopic (exact) mass is 266 g/mol. The minimum Gasteiger partial charge on any atom is -0.508 e. The highest BCUT2D eigenvalue weighted by Crippen LogP contribution is 2.25. The van der Waals surface area contributed by atoms with Crippen molar-refractivity contribution >= 4 is 11.6 Å². The topological polar surface area (TPSA) is 83.7 Å². The Morgan fingerprint density at radius 3 is 2.42 bits per heavy atom. The fraction of sp³-hybridized carbons (Fsp3) is 0.462. The average Bonchev–Trinajstić information content (AvgIpc) is 2.35. The van der Waals surface area contributed by atoms with Crippen molar-refractivity contribution in [1.29, 1.82) is 0 Å². The second-order valence-electron chi connectivity index (χ2n) is 4.86. The Hall–Kier alpha value is -2.11. The van der Waals surface area contributed by atoms with Crippen LogP contribution in [0.15, 0.2) is 18.2 Å². The minimum absolute atomic E-state index is 0.0607. The summed E-state index contributed by atoms with van der Waals surface area (Å²) in [4.78, 5) is 24.0. The molecular formula is C13H18N2O4. The van der Waals surface area contributed by atoms with Gasteiger partial charge in [-0.15, -0.1) is 0 Å². The van der Waals surface area contributed by atoms with Gasteiger partial charge in [-0.3, -0.25) is 14.9 Å². The lowest BCUT2D eigenvalue weighted by molar-refractivity contribution is -0.385. The van der Waals surface area contributed by atoms with Crippen LogP contribution in [0.25, 0.3) is 0 Å². The second-order valence-corrected chi connectivity index (χ2v) is 4.86. The van der Waals surface area contributed by atoms with Gasteiger partial charge in [0.25, 0.3) is 11.6 Å². The van der Waals surface area contributed by atoms with E-state index in [2.05, 4.69) is 0 Å². The van der Waals surface area contributed by atoms with E-state index in [-0.39, 0.29) is 29.0 Å². The van der Waals surface area contributed by atoms with Crippen LogP contribution in [-0.4, -0.2) is 33.9 Å². The quantitative estimate of drug-likeness (QED) is 0.670. The number of phenols is 1. The molecule has 0 aliphatic carbocycles. The van der Waals surface area contributed by atoms with Crippen LogP contribution in [-0.2, 0) is 0 Å². The van der Waals surface area contributed by atoms with Gasteiger partial charge in [-0.1, -0.05) is 13.8 Å². The molecule has 0 aliphatic heterocycles. The molecule has 0 bridgehead atoms. The van der Waals surface area contributed by atoms with E-state index in [0.29, 0.717) is 0 Å². The molecule has 6 heteroatoms. The van der Waals surface area contributed by atoms with Crippen LogP contribution in [0.4, 0.5) is 5.69 Å². The van der Waals surface area contributed by atoms with Crippen molar-refractivity contribution in [2.24, 2.45) is 5.92 Å². The number of carbonyl (C=O) groups excluding carboxylic acids is 1. The van der Waals surface area contributed by atoms with Crippen LogP contribution in [0.2, 0.25) is 0 Å². The molecule has 0 spiro atoms. The molecule has 1 aromatic rings. The molecule has 0 aromatic heterocycles. The summed E-state index contributed by atoms with van der Waals surface area (Å²) < 4.78 is 0. The number of nitrogens with zero attached hydrogens (tertiary/aromatic N) is 2. The number of rotatable bonds is 4. The molecule has 6 nitrogen and oxygen atoms in total. The van der Waals surface area contributed by atoms with E-state index in [1.165, 1.54) is 11.0 Å². The van der Waals surface area contributed by atoms with Gasteiger partial charge in [0.05, 0.1) is 4.92 Å². The number of hydrogen-bond donors (Lipinski definition) is 1. The number of nitro benzene ring substituents is 1. The summed E-state index contributed by atoms with van der Waals surface area (Å²) in [6, 6.07) is 3.40. The molecule has 1 N–H and O–H groups in total. The smallest absolute Gasteiger partial charge is 0.282 e. The highest BCUT2D eigenvalue weighted by molar-refractivity contribution is 5.98. The highest BCUT2D eigenvalue weighted by atomic mass is 16.6. The third-order valence-electron chi connectivity index (χ3n) is 3.30. The Balaban J connectivity index is 3.18. The molecule has 0 heterocycles. The Labute approximate surface area is 111 Å². The lowest BCUT2D eigenvalue weighted by atomic mass is 10.0. The average molecular weight is 266 g/mol. The van der Waals surface area contributed by atoms with Crippen molar-refractivity contribution in [2.75, 3.05) is 7.05 Å². The SMILES string of the molecule is CC(C)C(C)N(C)C(=O)c1cc(O)ccc1[N+](=O)[O-]. The number of aromatic hydroxyl groups is 1. The van der Waals surface area contributed by atoms with Gasteiger partial charge in [0.15, 0.2) is 0 Å². The standard InChI is InChI=1S/C13H18N2O4/c1-8(2)9(3)14(4)13(17)11-7-10(16)5-6-12(11)15(18)19/h5-9,16H,1-4H3. The summed E-state index contributed by atoms with van der Waals surface area (Å²) in [5, 5.41) is 20.3. The maximum absolute atomic E-state index is 12.3. The third-order valence-corrected chi connectivity index (χ3v) is 3.30. The van der Waals surface area contributed by atoms with Crippen molar-refractivity contribution in [3.05, 3.63) is 33.9 Å². The summed E-state index contributed by atoms with van der Waals surface area (Å²) in [7, 11) is 1.60. The first-order valence-electron chi connectivity index (χ1n) is 6.00. The molecule has 0 fully saturated rings. The van der Waals surface area contributed by atoms with Crippen LogP contribution < -0.4 is 0 Å². The van der Waals surface area contributed by atoms with Gasteiger partial charge in [0, 0.05) is 19.2 Å². The first-order valence-corrected chi connectivity index (χ1v) is 6.00. The fourth-order valence-corrected chi connectivity index (χ4v) is 1.68. The summed E-state index contributed by atoms with van der Waals surface area (Å²) in [5.41, 5.74) is -0.398. The van der Waals surface area contributed by atoms with Gasteiger partial charge < -0.3 is 10.0 Å². The van der Waals surface area contributed by atoms with Gasteiger partial charge in [-0.2, -0.15) is 0 Å². The van der Waals surface area contributed by atoms with Crippen molar-refractivity contribution in [1.82, 2.24) is 4.90 Å². The van der Waals surface area contributed by atoms with E-state index < -0.39 is 10.8 Å². The van der Waals surface area contributed by atoms with Gasteiger partial charge >= 0.3 is 0 Å². The predicted octanol–water partition coefficient (Wildman–Crippen LogP) is 2.42. The van der Waals surface area contributed by atoms with Crippen molar-refractivity contribution in [3.63, 3.8) is 0 Å². The maximum atomic E-state index is 12.3. The van der Waals surface area contributed by atoms with Crippen molar-refractivity contribution in [3.8, 4) is 5.75 Å². The summed E-state index contributed by atoms with van der Waals surface area (Å²) >= 11 is 0. The Kier molecular flexibility index (Phi) is 4.47. The fourth-order valence-electron chi connectivity index (χ4n) is 1.68. The third kappa shape index (κ3) is 3.21. The zero-order valence-corrected chi connectivity index (χ0v) is 11.5. The van der Waals surface area contributed by atoms with Crippen LogP contribution in [0.5, 0.6) is 5.75 Å². The molecular weight excluding hydrogens is 248 g/mol. The summed E-state index contributed by atoms with van der Waals surface area (Å²) in [5.74, 6) is -0.409. The number of amides is 1. The van der Waals surface area contributed by atoms with E-state index >= 15 is 0 Å². The molecule has 1 unspecified atom stereocenters. The van der Waals surface area contributed by atoms with Crippen LogP contribution in [0, 0.1) is 16.0 Å². The van der Waals surface area contributed by atoms with Gasteiger partial charge in [0.2, 0.25) is 0 Å². The highest BCUT2D eigenvalue weighted by Gasteiger charge is 2.26. The molecule has 1 aromatic carbocycles. The van der Waals surface area contributed by atoms with Crippen LogP contribution in [0.3, 0.4) is 0 Å². The first-order chi connectivity index (χ1) is 8.75. The number of benzene rings is 1. The predicted molar refractivity (Wildman–Crippen MR) is 71.2 cm³/mol. The van der Waals surface area contributed by atoms with E-state index in [1.807, 2.05) is 20.8 Å². The van der Waals surface area contributed by atoms with Gasteiger partial charge in [-0.25, -0.2) is 0 Å². The molecule has 0 radical (unpaired) electrons. The molecule has 0 saturated heterocycles. The van der Waals surface area contributed by atoms with Crippen molar-refractivity contribution < 1.29 is 14.8 Å². The largest absolute Gasteiger partial charge is 0.508 e. The summed E-state index contributed by atoms with van der Waals surface area (Å²) in [6.45, 7) is 5.80. The second kappa shape index (κ2) is 5.69. The lowest BCUT2D eigenvalue weighted by Crippen LogP contribution is -2.38. The molecule has 104 valence electrons. The van der Waals surface area contributed by atoms with Gasteiger partial charge in [0.1, 0.15) is 11.3 Å². The zero-order chi connectivity index (χ0) is 14.7. The van der Waals surface area contributed by atoms with E-state index in [9.17, 15) is 20.0 Å². The van der Waals surface area contributed by atoms with Crippen LogP contribution >= 0.6 is 0 Å². The molecule has 0 aliphatic rings. The van der Waals surface area contributed by atoms with E-state index in [0.717, 1.165) is 12.1 Å². The molecule has 1 amide bonds. The lowest BCUT2D eigenvalue weighted by Gasteiger charge is -2.27. The number of carbonyl (C=O) groups is 1. The van der Waals surface area contributed by atoms with Crippen LogP contribution in [0.1, 0.15) is 31.1 Å². The Morgan fingerprint density at radius 2 is 1.95 bits per heavy atom. The molecule has 1 rings (SSSR count). The number of phenolic OH excluding ortho intramolecular Hbond substituents is 1. The normalized spacial score (nSPS) is 12.3. The zero-order valence-electron chi connectivity index (χ0n) is 11.5. The van der Waals surface area contributed by atoms with E-state index in [1.54, 1.807) is 7.05 Å². The molecule has 1 atom stereocenters. The van der Waals surface area contributed by atoms with Gasteiger partial charge in [-0.05, 0) is 25.0 Å². The Bertz CT molecular complexity index is 499. The van der Waals surface area contributed by atoms with E-state index in [4.69, 9.17) is 0 Å². The van der Waals surface area contributed by atoms with Crippen molar-refractivity contribution in [2.45, 2.75) is 26.8 Å². The number of nitro groups is 1. The first kappa shape index (κ1) is 14.9. The summed E-state index contributed by atoms with van der Waals surface area (Å²) in [6.07, 6.45) is 0. The minimum atomic E-state index is -0.624.